The fourth-order valence-electron chi connectivity index (χ4n) is 5.13. The van der Waals surface area contributed by atoms with E-state index in [1.165, 1.54) is 12.1 Å². The predicted octanol–water partition coefficient (Wildman–Crippen LogP) is 7.08. The molecular formula is C28H17Cl2F3N2O3S2. The molecule has 6 rings (SSSR count). The van der Waals surface area contributed by atoms with Gasteiger partial charge in [-0.15, -0.1) is 0 Å². The molecule has 0 radical (unpaired) electrons. The van der Waals surface area contributed by atoms with Crippen molar-refractivity contribution in [2.75, 3.05) is 4.90 Å². The van der Waals surface area contributed by atoms with Crippen molar-refractivity contribution in [3.8, 4) is 0 Å². The van der Waals surface area contributed by atoms with Crippen molar-refractivity contribution in [2.45, 2.75) is 28.9 Å². The maximum absolute atomic E-state index is 13.9. The smallest absolute Gasteiger partial charge is 0.289 e. The zero-order valence-electron chi connectivity index (χ0n) is 20.2. The summed E-state index contributed by atoms with van der Waals surface area (Å²) >= 11 is 14.2. The van der Waals surface area contributed by atoms with E-state index in [9.17, 15) is 27.6 Å². The Kier molecular flexibility index (Phi) is 6.85. The maximum atomic E-state index is 13.9. The average molecular weight is 621 g/mol. The highest BCUT2D eigenvalue weighted by molar-refractivity contribution is 8.00. The zero-order valence-corrected chi connectivity index (χ0v) is 23.3. The van der Waals surface area contributed by atoms with Gasteiger partial charge in [0.05, 0.1) is 28.7 Å². The first-order valence-corrected chi connectivity index (χ1v) is 14.4. The summed E-state index contributed by atoms with van der Waals surface area (Å²) in [6.07, 6.45) is -4.64. The molecule has 0 bridgehead atoms. The number of thiazole rings is 1. The van der Waals surface area contributed by atoms with Crippen LogP contribution in [0.4, 0.5) is 18.9 Å². The Morgan fingerprint density at radius 3 is 2.15 bits per heavy atom. The first-order chi connectivity index (χ1) is 19.0. The van der Waals surface area contributed by atoms with Crippen molar-refractivity contribution >= 4 is 63.8 Å². The Bertz CT molecular complexity index is 1700. The third kappa shape index (κ3) is 4.66. The number of imide groups is 1. The van der Waals surface area contributed by atoms with Gasteiger partial charge in [0.1, 0.15) is 5.25 Å². The number of rotatable bonds is 4. The largest absolute Gasteiger partial charge is 0.416 e. The van der Waals surface area contributed by atoms with Crippen molar-refractivity contribution < 1.29 is 22.8 Å². The molecule has 0 saturated carbocycles. The minimum Gasteiger partial charge on any atom is -0.289 e. The van der Waals surface area contributed by atoms with Gasteiger partial charge in [0.25, 0.3) is 0 Å². The van der Waals surface area contributed by atoms with Crippen LogP contribution in [0.15, 0.2) is 82.6 Å². The molecule has 0 aliphatic carbocycles. The molecule has 204 valence electrons. The number of halogens is 5. The second kappa shape index (κ2) is 10.1. The second-order valence-electron chi connectivity index (χ2n) is 9.40. The molecule has 40 heavy (non-hydrogen) atoms. The molecule has 0 spiro atoms. The minimum atomic E-state index is -4.64. The van der Waals surface area contributed by atoms with Crippen molar-refractivity contribution in [1.29, 1.82) is 0 Å². The summed E-state index contributed by atoms with van der Waals surface area (Å²) in [5, 5.41) is 0.630. The normalized spacial score (nSPS) is 20.5. The average Bonchev–Trinajstić information content (AvgIpc) is 3.36. The number of nitrogens with zero attached hydrogens (tertiary/aromatic N) is 2. The molecule has 2 aliphatic heterocycles. The number of aromatic nitrogens is 1. The molecule has 3 atom stereocenters. The maximum Gasteiger partial charge on any atom is 0.416 e. The lowest BCUT2D eigenvalue weighted by Crippen LogP contribution is -2.32. The number of carbonyl (C=O) groups excluding carboxylic acids is 2. The van der Waals surface area contributed by atoms with Crippen LogP contribution in [0.2, 0.25) is 10.0 Å². The summed E-state index contributed by atoms with van der Waals surface area (Å²) in [6.45, 7) is 0.221. The lowest BCUT2D eigenvalue weighted by molar-refractivity contribution is -0.137. The Balaban J connectivity index is 1.47. The van der Waals surface area contributed by atoms with E-state index in [0.717, 1.165) is 45.7 Å². The lowest BCUT2D eigenvalue weighted by Gasteiger charge is -2.30. The number of hydrogen-bond donors (Lipinski definition) is 0. The van der Waals surface area contributed by atoms with Crippen LogP contribution < -0.4 is 9.77 Å². The monoisotopic (exact) mass is 620 g/mol. The third-order valence-electron chi connectivity index (χ3n) is 6.96. The van der Waals surface area contributed by atoms with Crippen LogP contribution in [0.1, 0.15) is 27.5 Å². The summed E-state index contributed by atoms with van der Waals surface area (Å²) in [5.41, 5.74) is 0.389. The summed E-state index contributed by atoms with van der Waals surface area (Å²) in [4.78, 5) is 42.1. The molecule has 12 heteroatoms. The van der Waals surface area contributed by atoms with E-state index in [0.29, 0.717) is 25.5 Å². The van der Waals surface area contributed by atoms with Crippen molar-refractivity contribution in [3.05, 3.63) is 114 Å². The SMILES string of the molecule is O=C1[C@@H]2[C@@H](c3ccc(Cl)cc3)c3sc(=O)n(Cc4ccc(Cl)cc4)c3S[C@H]2C(=O)N1c1cccc(C(F)(F)F)c1. The lowest BCUT2D eigenvalue weighted by atomic mass is 9.83. The molecular weight excluding hydrogens is 604 g/mol. The van der Waals surface area contributed by atoms with Gasteiger partial charge in [0, 0.05) is 20.8 Å². The van der Waals surface area contributed by atoms with Crippen LogP contribution in [0, 0.1) is 5.92 Å². The number of amides is 2. The highest BCUT2D eigenvalue weighted by atomic mass is 35.5. The number of benzene rings is 3. The van der Waals surface area contributed by atoms with E-state index in [2.05, 4.69) is 0 Å². The van der Waals surface area contributed by atoms with E-state index in [4.69, 9.17) is 23.2 Å². The summed E-state index contributed by atoms with van der Waals surface area (Å²) in [7, 11) is 0. The molecule has 5 nitrogen and oxygen atoms in total. The second-order valence-corrected chi connectivity index (χ2v) is 12.4. The number of fused-ring (bicyclic) bond motifs is 2. The highest BCUT2D eigenvalue weighted by Gasteiger charge is 2.57. The Hall–Kier alpha value is -3.05. The molecule has 0 N–H and O–H groups in total. The summed E-state index contributed by atoms with van der Waals surface area (Å²) < 4.78 is 41.9. The van der Waals surface area contributed by atoms with Gasteiger partial charge in [0.15, 0.2) is 0 Å². The number of carbonyl (C=O) groups is 2. The van der Waals surface area contributed by atoms with Gasteiger partial charge in [-0.3, -0.25) is 19.0 Å². The van der Waals surface area contributed by atoms with E-state index in [1.807, 2.05) is 0 Å². The van der Waals surface area contributed by atoms with E-state index in [1.54, 1.807) is 53.1 Å². The molecule has 2 aliphatic rings. The fourth-order valence-corrected chi connectivity index (χ4v) is 8.16. The molecule has 4 aromatic rings. The molecule has 0 unspecified atom stereocenters. The van der Waals surface area contributed by atoms with Crippen LogP contribution in [0.25, 0.3) is 0 Å². The van der Waals surface area contributed by atoms with Crippen LogP contribution in [-0.2, 0) is 22.3 Å². The summed E-state index contributed by atoms with van der Waals surface area (Å²) in [5.74, 6) is -2.84. The quantitative estimate of drug-likeness (QED) is 0.229. The van der Waals surface area contributed by atoms with Crippen LogP contribution in [0.5, 0.6) is 0 Å². The first-order valence-electron chi connectivity index (χ1n) is 12.0. The van der Waals surface area contributed by atoms with E-state index in [-0.39, 0.29) is 17.1 Å². The van der Waals surface area contributed by atoms with Gasteiger partial charge in [0.2, 0.25) is 11.8 Å². The topological polar surface area (TPSA) is 59.4 Å². The number of alkyl halides is 3. The molecule has 2 amide bonds. The highest BCUT2D eigenvalue weighted by Crippen LogP contribution is 2.54. The Morgan fingerprint density at radius 2 is 1.50 bits per heavy atom. The number of hydrogen-bond acceptors (Lipinski definition) is 5. The van der Waals surface area contributed by atoms with Gasteiger partial charge in [-0.1, -0.05) is 76.6 Å². The minimum absolute atomic E-state index is 0.142. The predicted molar refractivity (Wildman–Crippen MR) is 149 cm³/mol. The van der Waals surface area contributed by atoms with Crippen molar-refractivity contribution in [3.63, 3.8) is 0 Å². The summed E-state index contributed by atoms with van der Waals surface area (Å²) in [6, 6.07) is 18.0. The van der Waals surface area contributed by atoms with E-state index < -0.39 is 40.6 Å². The first kappa shape index (κ1) is 27.1. The molecule has 1 fully saturated rings. The van der Waals surface area contributed by atoms with Gasteiger partial charge >= 0.3 is 11.0 Å². The van der Waals surface area contributed by atoms with Crippen LogP contribution >= 0.6 is 46.3 Å². The number of anilines is 1. The van der Waals surface area contributed by atoms with Gasteiger partial charge in [-0.25, -0.2) is 4.90 Å². The van der Waals surface area contributed by atoms with Gasteiger partial charge < -0.3 is 0 Å². The molecule has 3 aromatic carbocycles. The molecule has 1 aromatic heterocycles. The van der Waals surface area contributed by atoms with Crippen LogP contribution in [0.3, 0.4) is 0 Å². The van der Waals surface area contributed by atoms with E-state index >= 15 is 0 Å². The third-order valence-corrected chi connectivity index (χ3v) is 10.1. The van der Waals surface area contributed by atoms with Crippen molar-refractivity contribution in [1.82, 2.24) is 4.57 Å². The van der Waals surface area contributed by atoms with Crippen molar-refractivity contribution in [2.24, 2.45) is 5.92 Å². The Labute approximate surface area is 244 Å². The standard InChI is InChI=1S/C28H17Cl2F3N2O3S2/c29-17-8-4-14(5-9-17)13-34-26-23(40-27(34)38)20(15-6-10-18(30)11-7-15)21-22(39-26)25(37)35(24(21)36)19-3-1-2-16(12-19)28(31,32)33/h1-12,20-22H,13H2/t20-,21-,22-/m1/s1. The van der Waals surface area contributed by atoms with Crippen LogP contribution in [-0.4, -0.2) is 21.6 Å². The van der Waals surface area contributed by atoms with Gasteiger partial charge in [-0.2, -0.15) is 13.2 Å². The molecule has 3 heterocycles. The Morgan fingerprint density at radius 1 is 0.850 bits per heavy atom. The van der Waals surface area contributed by atoms with Gasteiger partial charge in [-0.05, 0) is 53.6 Å². The molecule has 1 saturated heterocycles. The zero-order chi connectivity index (χ0) is 28.3. The number of thioether (sulfide) groups is 1. The fraction of sp³-hybridized carbons (Fsp3) is 0.179.